The topological polar surface area (TPSA) is 32.8 Å². The molecule has 1 aliphatic heterocycles. The zero-order valence-corrected chi connectivity index (χ0v) is 18.7. The highest BCUT2D eigenvalue weighted by atomic mass is 16.5. The highest BCUT2D eigenvalue weighted by Crippen LogP contribution is 2.35. The van der Waals surface area contributed by atoms with Gasteiger partial charge < -0.3 is 9.64 Å². The van der Waals surface area contributed by atoms with Gasteiger partial charge in [-0.15, -0.1) is 0 Å². The third kappa shape index (κ3) is 4.81. The number of rotatable bonds is 5. The molecule has 0 spiro atoms. The Morgan fingerprint density at radius 3 is 2.22 bits per heavy atom. The molecule has 2 fully saturated rings. The van der Waals surface area contributed by atoms with Gasteiger partial charge in [-0.3, -0.25) is 9.69 Å². The molecule has 166 valence electrons. The number of carbonyl (C=O) groups excluding carboxylic acids is 1. The smallest absolute Gasteiger partial charge is 0.260 e. The van der Waals surface area contributed by atoms with Gasteiger partial charge in [-0.2, -0.15) is 0 Å². The minimum atomic E-state index is 0.0885. The summed E-state index contributed by atoms with van der Waals surface area (Å²) in [5.41, 5.74) is 1.49. The molecule has 4 heteroatoms. The van der Waals surface area contributed by atoms with Gasteiger partial charge in [0.1, 0.15) is 5.75 Å². The Balaban J connectivity index is 1.07. The van der Waals surface area contributed by atoms with E-state index in [9.17, 15) is 4.79 Å². The zero-order valence-electron chi connectivity index (χ0n) is 18.7. The van der Waals surface area contributed by atoms with E-state index in [1.807, 2.05) is 35.2 Å². The molecule has 0 unspecified atom stereocenters. The molecule has 0 bridgehead atoms. The van der Waals surface area contributed by atoms with Gasteiger partial charge in [0, 0.05) is 32.2 Å². The van der Waals surface area contributed by atoms with Crippen LogP contribution < -0.4 is 4.74 Å². The van der Waals surface area contributed by atoms with Crippen molar-refractivity contribution < 1.29 is 9.53 Å². The fraction of sp³-hybridized carbons (Fsp3) is 0.393. The summed E-state index contributed by atoms with van der Waals surface area (Å²) in [5, 5.41) is 2.31. The number of nitrogens with zero attached hydrogens (tertiary/aromatic N) is 2. The third-order valence-corrected chi connectivity index (χ3v) is 7.23. The molecule has 2 aliphatic rings. The van der Waals surface area contributed by atoms with Gasteiger partial charge in [0.2, 0.25) is 0 Å². The van der Waals surface area contributed by atoms with E-state index in [-0.39, 0.29) is 12.5 Å². The first kappa shape index (κ1) is 21.0. The maximum atomic E-state index is 12.7. The number of carbonyl (C=O) groups is 1. The standard InChI is InChI=1S/C28H32N2O2/c31-28(21-32-27-15-12-23-8-4-5-9-25(23)20-27)30-18-16-29(17-19-30)26-13-10-24(11-14-26)22-6-2-1-3-7-22/h1-9,12,15,20,24,26H,10-11,13-14,16-19,21H2. The summed E-state index contributed by atoms with van der Waals surface area (Å²) in [6.07, 6.45) is 5.07. The molecule has 1 amide bonds. The van der Waals surface area contributed by atoms with Crippen molar-refractivity contribution in [2.45, 2.75) is 37.6 Å². The summed E-state index contributed by atoms with van der Waals surface area (Å²) in [6, 6.07) is 25.8. The molecule has 3 aromatic carbocycles. The Hall–Kier alpha value is -2.85. The monoisotopic (exact) mass is 428 g/mol. The van der Waals surface area contributed by atoms with E-state index in [0.29, 0.717) is 12.0 Å². The van der Waals surface area contributed by atoms with Crippen LogP contribution in [0.5, 0.6) is 5.75 Å². The number of hydrogen-bond acceptors (Lipinski definition) is 3. The molecular weight excluding hydrogens is 396 g/mol. The normalized spacial score (nSPS) is 22.1. The molecular formula is C28H32N2O2. The van der Waals surface area contributed by atoms with Gasteiger partial charge in [0.15, 0.2) is 6.61 Å². The molecule has 1 saturated heterocycles. The maximum absolute atomic E-state index is 12.7. The highest BCUT2D eigenvalue weighted by molar-refractivity contribution is 5.84. The molecule has 0 aromatic heterocycles. The van der Waals surface area contributed by atoms with Crippen molar-refractivity contribution in [3.05, 3.63) is 78.4 Å². The number of ether oxygens (including phenoxy) is 1. The fourth-order valence-corrected chi connectivity index (χ4v) is 5.33. The van der Waals surface area contributed by atoms with Gasteiger partial charge in [0.25, 0.3) is 5.91 Å². The predicted molar refractivity (Wildman–Crippen MR) is 129 cm³/mol. The lowest BCUT2D eigenvalue weighted by Crippen LogP contribution is -2.53. The van der Waals surface area contributed by atoms with E-state index < -0.39 is 0 Å². The summed E-state index contributed by atoms with van der Waals surface area (Å²) in [6.45, 7) is 3.67. The van der Waals surface area contributed by atoms with Crippen LogP contribution in [0.15, 0.2) is 72.8 Å². The summed E-state index contributed by atoms with van der Waals surface area (Å²) in [4.78, 5) is 17.3. The summed E-state index contributed by atoms with van der Waals surface area (Å²) in [7, 11) is 0. The molecule has 5 rings (SSSR count). The Bertz CT molecular complexity index is 1040. The van der Waals surface area contributed by atoms with E-state index >= 15 is 0 Å². The van der Waals surface area contributed by atoms with Crippen LogP contribution in [0, 0.1) is 0 Å². The van der Waals surface area contributed by atoms with Crippen LogP contribution in [-0.4, -0.2) is 54.5 Å². The molecule has 1 heterocycles. The summed E-state index contributed by atoms with van der Waals surface area (Å²) >= 11 is 0. The largest absolute Gasteiger partial charge is 0.484 e. The van der Waals surface area contributed by atoms with Crippen molar-refractivity contribution in [2.24, 2.45) is 0 Å². The van der Waals surface area contributed by atoms with Crippen LogP contribution in [0.3, 0.4) is 0 Å². The third-order valence-electron chi connectivity index (χ3n) is 7.23. The maximum Gasteiger partial charge on any atom is 0.260 e. The summed E-state index contributed by atoms with van der Waals surface area (Å²) < 4.78 is 5.82. The molecule has 0 radical (unpaired) electrons. The SMILES string of the molecule is O=C(COc1ccc2ccccc2c1)N1CCN(C2CCC(c3ccccc3)CC2)CC1. The van der Waals surface area contributed by atoms with Gasteiger partial charge >= 0.3 is 0 Å². The van der Waals surface area contributed by atoms with Gasteiger partial charge in [-0.05, 0) is 60.1 Å². The van der Waals surface area contributed by atoms with Crippen molar-refractivity contribution in [1.29, 1.82) is 0 Å². The van der Waals surface area contributed by atoms with Crippen LogP contribution in [0.25, 0.3) is 10.8 Å². The van der Waals surface area contributed by atoms with Crippen LogP contribution in [0.1, 0.15) is 37.2 Å². The average molecular weight is 429 g/mol. The second kappa shape index (κ2) is 9.74. The van der Waals surface area contributed by atoms with Crippen LogP contribution in [0.4, 0.5) is 0 Å². The Kier molecular flexibility index (Phi) is 6.40. The van der Waals surface area contributed by atoms with Crippen molar-refractivity contribution in [3.63, 3.8) is 0 Å². The molecule has 3 aromatic rings. The Labute approximate surface area is 190 Å². The second-order valence-electron chi connectivity index (χ2n) is 9.13. The highest BCUT2D eigenvalue weighted by Gasteiger charge is 2.30. The lowest BCUT2D eigenvalue weighted by Gasteiger charge is -2.42. The quantitative estimate of drug-likeness (QED) is 0.568. The number of amides is 1. The van der Waals surface area contributed by atoms with E-state index in [4.69, 9.17) is 4.74 Å². The lowest BCUT2D eigenvalue weighted by atomic mass is 9.81. The van der Waals surface area contributed by atoms with E-state index in [1.165, 1.54) is 36.6 Å². The minimum absolute atomic E-state index is 0.0885. The fourth-order valence-electron chi connectivity index (χ4n) is 5.33. The minimum Gasteiger partial charge on any atom is -0.484 e. The van der Waals surface area contributed by atoms with Crippen molar-refractivity contribution in [3.8, 4) is 5.75 Å². The van der Waals surface area contributed by atoms with Crippen LogP contribution in [0.2, 0.25) is 0 Å². The van der Waals surface area contributed by atoms with E-state index in [0.717, 1.165) is 37.3 Å². The zero-order chi connectivity index (χ0) is 21.8. The lowest BCUT2D eigenvalue weighted by molar-refractivity contribution is -0.135. The molecule has 0 atom stereocenters. The van der Waals surface area contributed by atoms with Gasteiger partial charge in [-0.1, -0.05) is 60.7 Å². The Morgan fingerprint density at radius 2 is 1.47 bits per heavy atom. The number of fused-ring (bicyclic) bond motifs is 1. The van der Waals surface area contributed by atoms with E-state index in [1.54, 1.807) is 0 Å². The van der Waals surface area contributed by atoms with Crippen molar-refractivity contribution in [2.75, 3.05) is 32.8 Å². The first-order valence-electron chi connectivity index (χ1n) is 11.9. The average Bonchev–Trinajstić information content (AvgIpc) is 2.88. The molecule has 4 nitrogen and oxygen atoms in total. The van der Waals surface area contributed by atoms with Crippen LogP contribution >= 0.6 is 0 Å². The molecule has 32 heavy (non-hydrogen) atoms. The summed E-state index contributed by atoms with van der Waals surface area (Å²) in [5.74, 6) is 1.55. The number of piperazine rings is 1. The number of hydrogen-bond donors (Lipinski definition) is 0. The molecule has 1 saturated carbocycles. The van der Waals surface area contributed by atoms with Gasteiger partial charge in [-0.25, -0.2) is 0 Å². The van der Waals surface area contributed by atoms with E-state index in [2.05, 4.69) is 47.4 Å². The Morgan fingerprint density at radius 1 is 0.781 bits per heavy atom. The van der Waals surface area contributed by atoms with Crippen molar-refractivity contribution in [1.82, 2.24) is 9.80 Å². The molecule has 0 N–H and O–H groups in total. The first-order valence-corrected chi connectivity index (χ1v) is 11.9. The molecule has 1 aliphatic carbocycles. The van der Waals surface area contributed by atoms with Crippen LogP contribution in [-0.2, 0) is 4.79 Å². The van der Waals surface area contributed by atoms with Crippen molar-refractivity contribution >= 4 is 16.7 Å². The first-order chi connectivity index (χ1) is 15.8. The van der Waals surface area contributed by atoms with Gasteiger partial charge in [0.05, 0.1) is 0 Å². The predicted octanol–water partition coefficient (Wildman–Crippen LogP) is 5.09. The second-order valence-corrected chi connectivity index (χ2v) is 9.13. The number of benzene rings is 3.